The number of carbonyl (C=O) groups excluding carboxylic acids is 1. The van der Waals surface area contributed by atoms with Crippen LogP contribution in [0.25, 0.3) is 6.08 Å². The van der Waals surface area contributed by atoms with Gasteiger partial charge in [-0.1, -0.05) is 48.9 Å². The Morgan fingerprint density at radius 2 is 1.96 bits per heavy atom. The van der Waals surface area contributed by atoms with Gasteiger partial charge in [0.05, 0.1) is 6.04 Å². The minimum absolute atomic E-state index is 0.0530. The molecular formula is C23H27ClN2O. The van der Waals surface area contributed by atoms with Crippen molar-refractivity contribution in [2.45, 2.75) is 32.7 Å². The molecule has 2 atom stereocenters. The molecule has 4 heteroatoms. The Labute approximate surface area is 167 Å². The first-order valence-electron chi connectivity index (χ1n) is 9.61. The molecule has 1 N–H and O–H groups in total. The van der Waals surface area contributed by atoms with E-state index in [0.29, 0.717) is 5.02 Å². The molecule has 1 heterocycles. The number of carbonyl (C=O) groups is 1. The highest BCUT2D eigenvalue weighted by atomic mass is 35.5. The summed E-state index contributed by atoms with van der Waals surface area (Å²) in [6.07, 6.45) is 5.85. The van der Waals surface area contributed by atoms with Crippen LogP contribution >= 0.6 is 11.6 Å². The lowest BCUT2D eigenvalue weighted by atomic mass is 9.99. The molecule has 2 aromatic rings. The van der Waals surface area contributed by atoms with Crippen molar-refractivity contribution in [3.8, 4) is 0 Å². The molecule has 0 unspecified atom stereocenters. The van der Waals surface area contributed by atoms with Gasteiger partial charge in [0, 0.05) is 29.9 Å². The minimum Gasteiger partial charge on any atom is -0.371 e. The van der Waals surface area contributed by atoms with Gasteiger partial charge in [-0.25, -0.2) is 0 Å². The number of rotatable bonds is 5. The number of piperidine rings is 1. The standard InChI is InChI=1S/C23H27ClN2O/c1-17-6-5-15-26(16-17)21-12-9-19(10-13-21)18(2)25-23(27)14-11-20-7-3-4-8-22(20)24/h3-4,7-14,17-18H,5-6,15-16H2,1-2H3,(H,25,27)/b14-11+/t17-,18+/m0/s1. The van der Waals surface area contributed by atoms with E-state index in [9.17, 15) is 4.79 Å². The summed E-state index contributed by atoms with van der Waals surface area (Å²) in [6, 6.07) is 16.0. The molecule has 0 saturated carbocycles. The zero-order valence-electron chi connectivity index (χ0n) is 16.0. The van der Waals surface area contributed by atoms with Crippen LogP contribution in [0.5, 0.6) is 0 Å². The molecule has 3 nitrogen and oxygen atoms in total. The van der Waals surface area contributed by atoms with Crippen molar-refractivity contribution in [3.63, 3.8) is 0 Å². The quantitative estimate of drug-likeness (QED) is 0.695. The van der Waals surface area contributed by atoms with E-state index in [1.54, 1.807) is 6.08 Å². The number of nitrogens with zero attached hydrogens (tertiary/aromatic N) is 1. The molecule has 1 fully saturated rings. The van der Waals surface area contributed by atoms with E-state index < -0.39 is 0 Å². The molecule has 2 aromatic carbocycles. The summed E-state index contributed by atoms with van der Waals surface area (Å²) >= 11 is 6.11. The lowest BCUT2D eigenvalue weighted by Crippen LogP contribution is -2.34. The predicted molar refractivity (Wildman–Crippen MR) is 114 cm³/mol. The van der Waals surface area contributed by atoms with E-state index in [-0.39, 0.29) is 11.9 Å². The molecule has 1 aliphatic rings. The van der Waals surface area contributed by atoms with E-state index in [0.717, 1.165) is 30.1 Å². The van der Waals surface area contributed by atoms with Crippen molar-refractivity contribution in [2.75, 3.05) is 18.0 Å². The van der Waals surface area contributed by atoms with E-state index in [1.165, 1.54) is 24.6 Å². The smallest absolute Gasteiger partial charge is 0.244 e. The molecule has 3 rings (SSSR count). The van der Waals surface area contributed by atoms with Crippen molar-refractivity contribution in [1.82, 2.24) is 5.32 Å². The van der Waals surface area contributed by atoms with Gasteiger partial charge in [0.15, 0.2) is 0 Å². The Balaban J connectivity index is 1.58. The maximum atomic E-state index is 12.2. The average Bonchev–Trinajstić information content (AvgIpc) is 2.67. The molecule has 0 radical (unpaired) electrons. The third-order valence-corrected chi connectivity index (χ3v) is 5.44. The lowest BCUT2D eigenvalue weighted by Gasteiger charge is -2.33. The van der Waals surface area contributed by atoms with Crippen LogP contribution in [0, 0.1) is 5.92 Å². The highest BCUT2D eigenvalue weighted by Crippen LogP contribution is 2.24. The molecule has 0 aliphatic carbocycles. The number of anilines is 1. The molecule has 1 aliphatic heterocycles. The fraction of sp³-hybridized carbons (Fsp3) is 0.348. The first-order valence-corrected chi connectivity index (χ1v) is 9.99. The normalized spacial score (nSPS) is 18.5. The molecule has 1 saturated heterocycles. The van der Waals surface area contributed by atoms with Gasteiger partial charge in [0.1, 0.15) is 0 Å². The van der Waals surface area contributed by atoms with Gasteiger partial charge >= 0.3 is 0 Å². The Morgan fingerprint density at radius 3 is 2.67 bits per heavy atom. The average molecular weight is 383 g/mol. The van der Waals surface area contributed by atoms with Crippen molar-refractivity contribution < 1.29 is 4.79 Å². The monoisotopic (exact) mass is 382 g/mol. The second-order valence-corrected chi connectivity index (χ2v) is 7.78. The summed E-state index contributed by atoms with van der Waals surface area (Å²) in [5, 5.41) is 3.65. The molecule has 0 aromatic heterocycles. The van der Waals surface area contributed by atoms with Crippen LogP contribution in [0.3, 0.4) is 0 Å². The van der Waals surface area contributed by atoms with Gasteiger partial charge in [-0.2, -0.15) is 0 Å². The van der Waals surface area contributed by atoms with Crippen molar-refractivity contribution in [1.29, 1.82) is 0 Å². The molecule has 1 amide bonds. The highest BCUT2D eigenvalue weighted by Gasteiger charge is 2.17. The van der Waals surface area contributed by atoms with E-state index >= 15 is 0 Å². The van der Waals surface area contributed by atoms with Crippen LogP contribution in [-0.4, -0.2) is 19.0 Å². The zero-order chi connectivity index (χ0) is 19.2. The SMILES string of the molecule is C[C@H]1CCCN(c2ccc([C@@H](C)NC(=O)/C=C/c3ccccc3Cl)cc2)C1. The first kappa shape index (κ1) is 19.5. The van der Waals surface area contributed by atoms with E-state index in [2.05, 4.69) is 41.4 Å². The Bertz CT molecular complexity index is 800. The van der Waals surface area contributed by atoms with Crippen LogP contribution in [0.4, 0.5) is 5.69 Å². The fourth-order valence-electron chi connectivity index (χ4n) is 3.52. The van der Waals surface area contributed by atoms with Gasteiger partial charge in [-0.3, -0.25) is 4.79 Å². The number of amides is 1. The number of nitrogens with one attached hydrogen (secondary N) is 1. The lowest BCUT2D eigenvalue weighted by molar-refractivity contribution is -0.117. The Kier molecular flexibility index (Phi) is 6.57. The van der Waals surface area contributed by atoms with Crippen LogP contribution in [0.15, 0.2) is 54.6 Å². The maximum Gasteiger partial charge on any atom is 0.244 e. The summed E-state index contributed by atoms with van der Waals surface area (Å²) < 4.78 is 0. The predicted octanol–water partition coefficient (Wildman–Crippen LogP) is 5.47. The van der Waals surface area contributed by atoms with Gasteiger partial charge in [0.25, 0.3) is 0 Å². The van der Waals surface area contributed by atoms with Crippen LogP contribution in [0.2, 0.25) is 5.02 Å². The zero-order valence-corrected chi connectivity index (χ0v) is 16.7. The summed E-state index contributed by atoms with van der Waals surface area (Å²) in [7, 11) is 0. The van der Waals surface area contributed by atoms with Gasteiger partial charge in [-0.05, 0) is 61.1 Å². The molecule has 0 bridgehead atoms. The molecular weight excluding hydrogens is 356 g/mol. The second kappa shape index (κ2) is 9.09. The Hall–Kier alpha value is -2.26. The highest BCUT2D eigenvalue weighted by molar-refractivity contribution is 6.32. The number of benzene rings is 2. The first-order chi connectivity index (χ1) is 13.0. The number of halogens is 1. The van der Waals surface area contributed by atoms with Crippen molar-refractivity contribution in [3.05, 3.63) is 70.8 Å². The summed E-state index contributed by atoms with van der Waals surface area (Å²) in [4.78, 5) is 14.7. The van der Waals surface area contributed by atoms with E-state index in [1.807, 2.05) is 31.2 Å². The largest absolute Gasteiger partial charge is 0.371 e. The maximum absolute atomic E-state index is 12.2. The number of hydrogen-bond donors (Lipinski definition) is 1. The summed E-state index contributed by atoms with van der Waals surface area (Å²) in [6.45, 7) is 6.56. The Morgan fingerprint density at radius 1 is 1.22 bits per heavy atom. The fourth-order valence-corrected chi connectivity index (χ4v) is 3.72. The summed E-state index contributed by atoms with van der Waals surface area (Å²) in [5.74, 6) is 0.623. The second-order valence-electron chi connectivity index (χ2n) is 7.37. The topological polar surface area (TPSA) is 32.3 Å². The van der Waals surface area contributed by atoms with E-state index in [4.69, 9.17) is 11.6 Å². The molecule has 0 spiro atoms. The van der Waals surface area contributed by atoms with Crippen molar-refractivity contribution >= 4 is 29.3 Å². The molecule has 27 heavy (non-hydrogen) atoms. The van der Waals surface area contributed by atoms with Crippen LogP contribution < -0.4 is 10.2 Å². The minimum atomic E-state index is -0.128. The third kappa shape index (κ3) is 5.36. The van der Waals surface area contributed by atoms with Gasteiger partial charge in [-0.15, -0.1) is 0 Å². The number of hydrogen-bond acceptors (Lipinski definition) is 2. The van der Waals surface area contributed by atoms with Crippen LogP contribution in [-0.2, 0) is 4.79 Å². The van der Waals surface area contributed by atoms with Gasteiger partial charge in [0.2, 0.25) is 5.91 Å². The van der Waals surface area contributed by atoms with Crippen LogP contribution in [0.1, 0.15) is 43.9 Å². The molecule has 142 valence electrons. The third-order valence-electron chi connectivity index (χ3n) is 5.09. The van der Waals surface area contributed by atoms with Gasteiger partial charge < -0.3 is 10.2 Å². The summed E-state index contributed by atoms with van der Waals surface area (Å²) in [5.41, 5.74) is 3.20. The van der Waals surface area contributed by atoms with Crippen molar-refractivity contribution in [2.24, 2.45) is 5.92 Å².